The summed E-state index contributed by atoms with van der Waals surface area (Å²) >= 11 is 1.69. The maximum absolute atomic E-state index is 8.63. The molecule has 2 N–H and O–H groups in total. The molecule has 2 nitrogen and oxygen atoms in total. The third kappa shape index (κ3) is 1.84. The van der Waals surface area contributed by atoms with Gasteiger partial charge in [-0.15, -0.1) is 11.3 Å². The van der Waals surface area contributed by atoms with Gasteiger partial charge in [0.15, 0.2) is 0 Å². The van der Waals surface area contributed by atoms with Crippen LogP contribution in [-0.4, -0.2) is 0 Å². The second kappa shape index (κ2) is 4.24. The van der Waals surface area contributed by atoms with Crippen molar-refractivity contribution in [3.05, 3.63) is 21.9 Å². The maximum atomic E-state index is 8.63. The minimum Gasteiger partial charge on any atom is -0.312 e. The fraction of sp³-hybridized carbons (Fsp3) is 0.444. The van der Waals surface area contributed by atoms with Gasteiger partial charge in [0, 0.05) is 4.88 Å². The van der Waals surface area contributed by atoms with Gasteiger partial charge in [0.25, 0.3) is 0 Å². The number of rotatable bonds is 3. The predicted molar refractivity (Wildman–Crippen MR) is 50.9 cm³/mol. The van der Waals surface area contributed by atoms with Crippen LogP contribution in [0.1, 0.15) is 29.8 Å². The van der Waals surface area contributed by atoms with Gasteiger partial charge in [0.2, 0.25) is 0 Å². The van der Waals surface area contributed by atoms with Crippen molar-refractivity contribution in [2.75, 3.05) is 0 Å². The predicted octanol–water partition coefficient (Wildman–Crippen LogP) is 2.22. The van der Waals surface area contributed by atoms with Crippen LogP contribution in [0.15, 0.2) is 11.4 Å². The lowest BCUT2D eigenvalue weighted by Gasteiger charge is -2.02. The number of hydrogen-bond donors (Lipinski definition) is 1. The molecule has 1 atom stereocenters. The first-order valence-electron chi connectivity index (χ1n) is 4.01. The highest BCUT2D eigenvalue weighted by molar-refractivity contribution is 7.10. The number of nitrogens with two attached hydrogens (primary N) is 1. The van der Waals surface area contributed by atoms with Gasteiger partial charge in [0.05, 0.1) is 6.07 Å². The van der Waals surface area contributed by atoms with Crippen LogP contribution in [0.4, 0.5) is 0 Å². The van der Waals surface area contributed by atoms with Crippen molar-refractivity contribution in [2.45, 2.75) is 25.8 Å². The quantitative estimate of drug-likeness (QED) is 0.775. The van der Waals surface area contributed by atoms with Crippen LogP contribution in [0.2, 0.25) is 0 Å². The first kappa shape index (κ1) is 9.24. The van der Waals surface area contributed by atoms with E-state index in [0.717, 1.165) is 18.4 Å². The molecule has 0 aromatic carbocycles. The molecule has 0 bridgehead atoms. The van der Waals surface area contributed by atoms with E-state index >= 15 is 0 Å². The Hall–Kier alpha value is -0.850. The minimum absolute atomic E-state index is 0.446. The molecular weight excluding hydrogens is 168 g/mol. The molecule has 0 saturated heterocycles. The molecule has 0 saturated carbocycles. The summed E-state index contributed by atoms with van der Waals surface area (Å²) in [6.07, 6.45) is 2.13. The van der Waals surface area contributed by atoms with Crippen LogP contribution >= 0.6 is 11.3 Å². The second-order valence-electron chi connectivity index (χ2n) is 2.66. The molecule has 0 amide bonds. The highest BCUT2D eigenvalue weighted by atomic mass is 32.1. The molecule has 3 heteroatoms. The van der Waals surface area contributed by atoms with Gasteiger partial charge in [-0.3, -0.25) is 0 Å². The molecule has 0 radical (unpaired) electrons. The molecule has 12 heavy (non-hydrogen) atoms. The lowest BCUT2D eigenvalue weighted by molar-refractivity contribution is 0.874. The van der Waals surface area contributed by atoms with E-state index in [2.05, 4.69) is 13.0 Å². The Morgan fingerprint density at radius 3 is 3.08 bits per heavy atom. The molecule has 1 rings (SSSR count). The lowest BCUT2D eigenvalue weighted by atomic mass is 10.1. The summed E-state index contributed by atoms with van der Waals surface area (Å²) < 4.78 is 0. The van der Waals surface area contributed by atoms with Gasteiger partial charge in [-0.1, -0.05) is 13.3 Å². The summed E-state index contributed by atoms with van der Waals surface area (Å²) in [6, 6.07) is 3.55. The SMILES string of the molecule is CCCc1sccc1C(N)C#N. The van der Waals surface area contributed by atoms with Crippen molar-refractivity contribution in [1.29, 1.82) is 5.26 Å². The number of aryl methyl sites for hydroxylation is 1. The first-order valence-corrected chi connectivity index (χ1v) is 4.89. The van der Waals surface area contributed by atoms with Crippen LogP contribution in [0.25, 0.3) is 0 Å². The molecule has 0 spiro atoms. The summed E-state index contributed by atoms with van der Waals surface area (Å²) in [5.74, 6) is 0. The van der Waals surface area contributed by atoms with E-state index in [9.17, 15) is 0 Å². The van der Waals surface area contributed by atoms with E-state index in [1.807, 2.05) is 11.4 Å². The second-order valence-corrected chi connectivity index (χ2v) is 3.66. The Balaban J connectivity index is 2.85. The topological polar surface area (TPSA) is 49.8 Å². The molecule has 0 fully saturated rings. The zero-order valence-electron chi connectivity index (χ0n) is 7.08. The molecule has 1 aromatic rings. The molecule has 0 aliphatic heterocycles. The number of hydrogen-bond acceptors (Lipinski definition) is 3. The molecular formula is C9H12N2S. The van der Waals surface area contributed by atoms with E-state index in [0.29, 0.717) is 0 Å². The van der Waals surface area contributed by atoms with Gasteiger partial charge in [-0.25, -0.2) is 0 Å². The summed E-state index contributed by atoms with van der Waals surface area (Å²) in [5, 5.41) is 10.6. The normalized spacial score (nSPS) is 12.4. The maximum Gasteiger partial charge on any atom is 0.119 e. The minimum atomic E-state index is -0.446. The monoisotopic (exact) mass is 180 g/mol. The number of thiophene rings is 1. The largest absolute Gasteiger partial charge is 0.312 e. The fourth-order valence-electron chi connectivity index (χ4n) is 1.13. The highest BCUT2D eigenvalue weighted by Gasteiger charge is 2.10. The lowest BCUT2D eigenvalue weighted by Crippen LogP contribution is -2.07. The summed E-state index contributed by atoms with van der Waals surface area (Å²) in [6.45, 7) is 2.13. The summed E-state index contributed by atoms with van der Waals surface area (Å²) in [7, 11) is 0. The zero-order valence-corrected chi connectivity index (χ0v) is 7.90. The van der Waals surface area contributed by atoms with Crippen molar-refractivity contribution in [3.8, 4) is 6.07 Å². The molecule has 0 aliphatic carbocycles. The average molecular weight is 180 g/mol. The van der Waals surface area contributed by atoms with Crippen LogP contribution < -0.4 is 5.73 Å². The fourth-order valence-corrected chi connectivity index (χ4v) is 2.16. The summed E-state index contributed by atoms with van der Waals surface area (Å²) in [5.41, 5.74) is 6.62. The molecule has 1 unspecified atom stereocenters. The van der Waals surface area contributed by atoms with E-state index in [4.69, 9.17) is 11.0 Å². The smallest absolute Gasteiger partial charge is 0.119 e. The molecule has 1 aromatic heterocycles. The van der Waals surface area contributed by atoms with Gasteiger partial charge in [-0.2, -0.15) is 5.26 Å². The van der Waals surface area contributed by atoms with Crippen LogP contribution in [-0.2, 0) is 6.42 Å². The Labute approximate surface area is 76.6 Å². The van der Waals surface area contributed by atoms with Crippen molar-refractivity contribution in [3.63, 3.8) is 0 Å². The van der Waals surface area contributed by atoms with Crippen LogP contribution in [0, 0.1) is 11.3 Å². The average Bonchev–Trinajstić information content (AvgIpc) is 2.52. The van der Waals surface area contributed by atoms with Crippen molar-refractivity contribution >= 4 is 11.3 Å². The summed E-state index contributed by atoms with van der Waals surface area (Å²) in [4.78, 5) is 1.26. The Kier molecular flexibility index (Phi) is 3.27. The van der Waals surface area contributed by atoms with Crippen molar-refractivity contribution in [1.82, 2.24) is 0 Å². The number of nitrogens with zero attached hydrogens (tertiary/aromatic N) is 1. The van der Waals surface area contributed by atoms with E-state index < -0.39 is 6.04 Å². The molecule has 64 valence electrons. The van der Waals surface area contributed by atoms with E-state index in [1.54, 1.807) is 11.3 Å². The van der Waals surface area contributed by atoms with Gasteiger partial charge >= 0.3 is 0 Å². The third-order valence-electron chi connectivity index (χ3n) is 1.73. The third-order valence-corrected chi connectivity index (χ3v) is 2.73. The Morgan fingerprint density at radius 1 is 1.75 bits per heavy atom. The van der Waals surface area contributed by atoms with Gasteiger partial charge in [-0.05, 0) is 23.4 Å². The Bertz CT molecular complexity index is 285. The van der Waals surface area contributed by atoms with E-state index in [1.165, 1.54) is 4.88 Å². The van der Waals surface area contributed by atoms with Crippen molar-refractivity contribution in [2.24, 2.45) is 5.73 Å². The zero-order chi connectivity index (χ0) is 8.97. The Morgan fingerprint density at radius 2 is 2.50 bits per heavy atom. The first-order chi connectivity index (χ1) is 5.79. The van der Waals surface area contributed by atoms with Crippen LogP contribution in [0.3, 0.4) is 0 Å². The number of nitriles is 1. The standard InChI is InChI=1S/C9H12N2S/c1-2-3-9-7(4-5-12-9)8(11)6-10/h4-5,8H,2-3,11H2,1H3. The van der Waals surface area contributed by atoms with Gasteiger partial charge in [0.1, 0.15) is 6.04 Å². The molecule has 0 aliphatic rings. The van der Waals surface area contributed by atoms with Crippen molar-refractivity contribution < 1.29 is 0 Å². The molecule has 1 heterocycles. The van der Waals surface area contributed by atoms with Crippen LogP contribution in [0.5, 0.6) is 0 Å². The van der Waals surface area contributed by atoms with Gasteiger partial charge < -0.3 is 5.73 Å². The van der Waals surface area contributed by atoms with E-state index in [-0.39, 0.29) is 0 Å². The highest BCUT2D eigenvalue weighted by Crippen LogP contribution is 2.22.